The number of hydrogen-bond acceptors (Lipinski definition) is 5. The molecule has 0 spiro atoms. The van der Waals surface area contributed by atoms with Crippen molar-refractivity contribution in [2.75, 3.05) is 5.32 Å². The largest absolute Gasteiger partial charge is 0.469 e. The standard InChI is InChI=1S/C22H23N5O2/c1-2-3-11-18-24-21-20(27(15-23-21)14-16-8-5-4-6-9-16)22(25-18)26-19(28)13-17-10-7-12-29-17/h4-10,12,15H,2-3,11,13-14H2,1H3,(H,24,25,26,28). The van der Waals surface area contributed by atoms with Crippen LogP contribution in [0.15, 0.2) is 59.5 Å². The van der Waals surface area contributed by atoms with E-state index in [4.69, 9.17) is 4.42 Å². The number of carbonyl (C=O) groups excluding carboxylic acids is 1. The predicted molar refractivity (Wildman–Crippen MR) is 111 cm³/mol. The fourth-order valence-electron chi connectivity index (χ4n) is 3.21. The Labute approximate surface area is 168 Å². The number of furan rings is 1. The van der Waals surface area contributed by atoms with E-state index in [9.17, 15) is 4.79 Å². The average Bonchev–Trinajstić information content (AvgIpc) is 3.37. The van der Waals surface area contributed by atoms with Crippen molar-refractivity contribution in [3.05, 3.63) is 72.2 Å². The van der Waals surface area contributed by atoms with Crippen molar-refractivity contribution in [3.8, 4) is 0 Å². The van der Waals surface area contributed by atoms with Crippen molar-refractivity contribution in [1.82, 2.24) is 19.5 Å². The van der Waals surface area contributed by atoms with Gasteiger partial charge in [-0.3, -0.25) is 4.79 Å². The third kappa shape index (κ3) is 4.51. The lowest BCUT2D eigenvalue weighted by molar-refractivity contribution is -0.115. The molecule has 3 heterocycles. The van der Waals surface area contributed by atoms with Crippen molar-refractivity contribution >= 4 is 22.9 Å². The highest BCUT2D eigenvalue weighted by Gasteiger charge is 2.17. The topological polar surface area (TPSA) is 85.8 Å². The van der Waals surface area contributed by atoms with Gasteiger partial charge in [0.05, 0.1) is 19.0 Å². The van der Waals surface area contributed by atoms with Gasteiger partial charge in [0, 0.05) is 13.0 Å². The number of aromatic nitrogens is 4. The third-order valence-electron chi connectivity index (χ3n) is 4.64. The Bertz CT molecular complexity index is 1090. The maximum absolute atomic E-state index is 12.6. The summed E-state index contributed by atoms with van der Waals surface area (Å²) in [5.74, 6) is 1.61. The lowest BCUT2D eigenvalue weighted by Gasteiger charge is -2.11. The number of carbonyl (C=O) groups is 1. The number of hydrogen-bond donors (Lipinski definition) is 1. The summed E-state index contributed by atoms with van der Waals surface area (Å²) in [4.78, 5) is 26.3. The van der Waals surface area contributed by atoms with Crippen LogP contribution < -0.4 is 5.32 Å². The van der Waals surface area contributed by atoms with Crippen LogP contribution in [-0.4, -0.2) is 25.4 Å². The molecule has 0 aliphatic heterocycles. The minimum Gasteiger partial charge on any atom is -0.469 e. The molecule has 0 atom stereocenters. The Kier molecular flexibility index (Phi) is 5.65. The fraction of sp³-hybridized carbons (Fsp3) is 0.273. The quantitative estimate of drug-likeness (QED) is 0.492. The van der Waals surface area contributed by atoms with Gasteiger partial charge in [-0.2, -0.15) is 0 Å². The van der Waals surface area contributed by atoms with Gasteiger partial charge in [0.25, 0.3) is 0 Å². The minimum atomic E-state index is -0.186. The Morgan fingerprint density at radius 2 is 2.00 bits per heavy atom. The highest BCUT2D eigenvalue weighted by Crippen LogP contribution is 2.22. The highest BCUT2D eigenvalue weighted by molar-refractivity contribution is 5.97. The van der Waals surface area contributed by atoms with Crippen LogP contribution >= 0.6 is 0 Å². The van der Waals surface area contributed by atoms with Gasteiger partial charge in [-0.25, -0.2) is 15.0 Å². The lowest BCUT2D eigenvalue weighted by atomic mass is 10.2. The molecule has 4 rings (SSSR count). The number of nitrogens with one attached hydrogen (secondary N) is 1. The predicted octanol–water partition coefficient (Wildman–Crippen LogP) is 3.99. The van der Waals surface area contributed by atoms with E-state index in [-0.39, 0.29) is 12.3 Å². The summed E-state index contributed by atoms with van der Waals surface area (Å²) >= 11 is 0. The van der Waals surface area contributed by atoms with Crippen LogP contribution in [0.1, 0.15) is 36.9 Å². The molecule has 1 N–H and O–H groups in total. The zero-order valence-corrected chi connectivity index (χ0v) is 16.3. The first-order valence-electron chi connectivity index (χ1n) is 9.81. The average molecular weight is 389 g/mol. The van der Waals surface area contributed by atoms with Crippen molar-refractivity contribution in [1.29, 1.82) is 0 Å². The van der Waals surface area contributed by atoms with Crippen LogP contribution in [0.4, 0.5) is 5.82 Å². The SMILES string of the molecule is CCCCc1nc(NC(=O)Cc2ccco2)c2c(ncn2Cc2ccccc2)n1. The van der Waals surface area contributed by atoms with E-state index >= 15 is 0 Å². The van der Waals surface area contributed by atoms with E-state index in [1.165, 1.54) is 0 Å². The zero-order chi connectivity index (χ0) is 20.1. The van der Waals surface area contributed by atoms with Crippen molar-refractivity contribution in [3.63, 3.8) is 0 Å². The van der Waals surface area contributed by atoms with E-state index in [0.717, 1.165) is 30.3 Å². The van der Waals surface area contributed by atoms with Crippen LogP contribution in [0.2, 0.25) is 0 Å². The number of rotatable bonds is 8. The van der Waals surface area contributed by atoms with Gasteiger partial charge in [0.15, 0.2) is 11.5 Å². The van der Waals surface area contributed by atoms with Crippen molar-refractivity contribution in [2.24, 2.45) is 0 Å². The van der Waals surface area contributed by atoms with E-state index in [1.54, 1.807) is 24.7 Å². The Hall–Kier alpha value is -3.48. The van der Waals surface area contributed by atoms with Gasteiger partial charge in [-0.05, 0) is 24.1 Å². The van der Waals surface area contributed by atoms with Crippen LogP contribution in [0.5, 0.6) is 0 Å². The molecule has 3 aromatic heterocycles. The van der Waals surface area contributed by atoms with Gasteiger partial charge in [0.2, 0.25) is 5.91 Å². The second-order valence-electron chi connectivity index (χ2n) is 6.93. The van der Waals surface area contributed by atoms with E-state index < -0.39 is 0 Å². The molecular formula is C22H23N5O2. The number of aryl methyl sites for hydroxylation is 1. The molecule has 148 valence electrons. The van der Waals surface area contributed by atoms with Crippen LogP contribution in [0.25, 0.3) is 11.2 Å². The van der Waals surface area contributed by atoms with Gasteiger partial charge in [-0.1, -0.05) is 43.7 Å². The molecule has 7 nitrogen and oxygen atoms in total. The summed E-state index contributed by atoms with van der Waals surface area (Å²) in [5, 5.41) is 2.94. The van der Waals surface area contributed by atoms with Crippen LogP contribution in [0, 0.1) is 0 Å². The maximum atomic E-state index is 12.6. The molecule has 0 saturated heterocycles. The number of imidazole rings is 1. The van der Waals surface area contributed by atoms with Crippen LogP contribution in [0.3, 0.4) is 0 Å². The summed E-state index contributed by atoms with van der Waals surface area (Å²) in [6, 6.07) is 13.6. The Morgan fingerprint density at radius 3 is 2.76 bits per heavy atom. The lowest BCUT2D eigenvalue weighted by Crippen LogP contribution is -2.17. The first-order chi connectivity index (χ1) is 14.2. The third-order valence-corrected chi connectivity index (χ3v) is 4.64. The zero-order valence-electron chi connectivity index (χ0n) is 16.3. The molecule has 1 amide bonds. The van der Waals surface area contributed by atoms with E-state index in [1.807, 2.05) is 22.8 Å². The summed E-state index contributed by atoms with van der Waals surface area (Å²) in [5.41, 5.74) is 2.45. The Balaban J connectivity index is 1.67. The van der Waals surface area contributed by atoms with Gasteiger partial charge in [-0.15, -0.1) is 0 Å². The molecule has 0 fully saturated rings. The fourth-order valence-corrected chi connectivity index (χ4v) is 3.21. The number of fused-ring (bicyclic) bond motifs is 1. The summed E-state index contributed by atoms with van der Waals surface area (Å²) in [6.45, 7) is 2.75. The summed E-state index contributed by atoms with van der Waals surface area (Å²) in [7, 11) is 0. The second-order valence-corrected chi connectivity index (χ2v) is 6.93. The molecule has 0 bridgehead atoms. The van der Waals surface area contributed by atoms with Crippen molar-refractivity contribution in [2.45, 2.75) is 39.2 Å². The van der Waals surface area contributed by atoms with Crippen LogP contribution in [-0.2, 0) is 24.2 Å². The minimum absolute atomic E-state index is 0.148. The molecule has 7 heteroatoms. The number of anilines is 1. The summed E-state index contributed by atoms with van der Waals surface area (Å²) < 4.78 is 7.25. The summed E-state index contributed by atoms with van der Waals surface area (Å²) in [6.07, 6.45) is 6.23. The number of unbranched alkanes of at least 4 members (excludes halogenated alkanes) is 1. The normalized spacial score (nSPS) is 11.1. The molecule has 29 heavy (non-hydrogen) atoms. The molecule has 0 saturated carbocycles. The molecule has 0 unspecified atom stereocenters. The van der Waals surface area contributed by atoms with E-state index in [0.29, 0.717) is 29.6 Å². The molecule has 0 aliphatic carbocycles. The number of amides is 1. The molecule has 0 radical (unpaired) electrons. The first-order valence-corrected chi connectivity index (χ1v) is 9.81. The van der Waals surface area contributed by atoms with Gasteiger partial charge in [0.1, 0.15) is 17.1 Å². The highest BCUT2D eigenvalue weighted by atomic mass is 16.3. The number of nitrogens with zero attached hydrogens (tertiary/aromatic N) is 4. The maximum Gasteiger partial charge on any atom is 0.233 e. The van der Waals surface area contributed by atoms with Gasteiger partial charge >= 0.3 is 0 Å². The second kappa shape index (κ2) is 8.68. The first kappa shape index (κ1) is 18.9. The molecular weight excluding hydrogens is 366 g/mol. The Morgan fingerprint density at radius 1 is 1.14 bits per heavy atom. The molecule has 4 aromatic rings. The molecule has 0 aliphatic rings. The number of benzene rings is 1. The molecule has 1 aromatic carbocycles. The van der Waals surface area contributed by atoms with Crippen molar-refractivity contribution < 1.29 is 9.21 Å². The van der Waals surface area contributed by atoms with E-state index in [2.05, 4.69) is 39.3 Å². The smallest absolute Gasteiger partial charge is 0.233 e. The monoisotopic (exact) mass is 389 g/mol. The van der Waals surface area contributed by atoms with Gasteiger partial charge < -0.3 is 14.3 Å².